The molecule has 0 radical (unpaired) electrons. The SMILES string of the molecule is O=C(c1cc(C(F)(F)F)cc(C(F)(F)F)c1)N1CCc2ccccc2[C@H]1c1ccccc1F. The van der Waals surface area contributed by atoms with Crippen LogP contribution >= 0.6 is 0 Å². The van der Waals surface area contributed by atoms with Crippen molar-refractivity contribution in [2.45, 2.75) is 24.8 Å². The second-order valence-corrected chi connectivity index (χ2v) is 7.67. The summed E-state index contributed by atoms with van der Waals surface area (Å²) in [7, 11) is 0. The van der Waals surface area contributed by atoms with E-state index in [2.05, 4.69) is 0 Å². The van der Waals surface area contributed by atoms with Crippen LogP contribution in [-0.2, 0) is 18.8 Å². The molecule has 0 aliphatic carbocycles. The van der Waals surface area contributed by atoms with Gasteiger partial charge in [0.25, 0.3) is 5.91 Å². The first-order chi connectivity index (χ1) is 15.5. The maximum atomic E-state index is 14.7. The van der Waals surface area contributed by atoms with Gasteiger partial charge in [-0.2, -0.15) is 26.3 Å². The second kappa shape index (κ2) is 8.20. The van der Waals surface area contributed by atoms with E-state index in [9.17, 15) is 35.5 Å². The molecule has 1 aliphatic rings. The van der Waals surface area contributed by atoms with E-state index >= 15 is 0 Å². The Hall–Kier alpha value is -3.36. The van der Waals surface area contributed by atoms with E-state index in [-0.39, 0.29) is 18.2 Å². The quantitative estimate of drug-likeness (QED) is 0.387. The molecule has 4 rings (SSSR count). The fourth-order valence-corrected chi connectivity index (χ4v) is 4.06. The average Bonchev–Trinajstić information content (AvgIpc) is 2.77. The summed E-state index contributed by atoms with van der Waals surface area (Å²) in [6.07, 6.45) is -9.86. The van der Waals surface area contributed by atoms with Crippen molar-refractivity contribution in [3.8, 4) is 0 Å². The number of carbonyl (C=O) groups is 1. The molecule has 0 unspecified atom stereocenters. The maximum absolute atomic E-state index is 14.7. The molecule has 2 nitrogen and oxygen atoms in total. The highest BCUT2D eigenvalue weighted by Crippen LogP contribution is 2.40. The van der Waals surface area contributed by atoms with E-state index in [0.717, 1.165) is 10.5 Å². The van der Waals surface area contributed by atoms with Crippen LogP contribution < -0.4 is 0 Å². The van der Waals surface area contributed by atoms with Crippen LogP contribution in [0.4, 0.5) is 30.7 Å². The maximum Gasteiger partial charge on any atom is 0.416 e. The third-order valence-electron chi connectivity index (χ3n) is 5.58. The minimum Gasteiger partial charge on any atom is -0.327 e. The normalized spacial score (nSPS) is 16.5. The Morgan fingerprint density at radius 2 is 1.33 bits per heavy atom. The monoisotopic (exact) mass is 467 g/mol. The summed E-state index contributed by atoms with van der Waals surface area (Å²) in [5.41, 5.74) is -2.46. The molecule has 0 saturated heterocycles. The van der Waals surface area contributed by atoms with E-state index < -0.39 is 46.8 Å². The molecule has 1 aliphatic heterocycles. The number of hydrogen-bond donors (Lipinski definition) is 0. The summed E-state index contributed by atoms with van der Waals surface area (Å²) in [5.74, 6) is -1.69. The average molecular weight is 467 g/mol. The van der Waals surface area contributed by atoms with Crippen molar-refractivity contribution in [1.82, 2.24) is 4.90 Å². The lowest BCUT2D eigenvalue weighted by Gasteiger charge is -2.38. The molecule has 0 bridgehead atoms. The largest absolute Gasteiger partial charge is 0.416 e. The number of rotatable bonds is 2. The Kier molecular flexibility index (Phi) is 5.67. The lowest BCUT2D eigenvalue weighted by molar-refractivity contribution is -0.143. The highest BCUT2D eigenvalue weighted by molar-refractivity contribution is 5.95. The fourth-order valence-electron chi connectivity index (χ4n) is 4.06. The van der Waals surface area contributed by atoms with Gasteiger partial charge < -0.3 is 4.90 Å². The number of hydrogen-bond acceptors (Lipinski definition) is 1. The van der Waals surface area contributed by atoms with Gasteiger partial charge in [-0.05, 0) is 41.8 Å². The minimum absolute atomic E-state index is 0.00750. The van der Waals surface area contributed by atoms with Crippen molar-refractivity contribution >= 4 is 5.91 Å². The van der Waals surface area contributed by atoms with Crippen LogP contribution in [0.1, 0.15) is 44.2 Å². The topological polar surface area (TPSA) is 20.3 Å². The summed E-state index contributed by atoms with van der Waals surface area (Å²) in [6.45, 7) is -0.00750. The van der Waals surface area contributed by atoms with E-state index in [0.29, 0.717) is 24.1 Å². The molecule has 0 saturated carbocycles. The third kappa shape index (κ3) is 4.44. The Morgan fingerprint density at radius 1 is 0.788 bits per heavy atom. The van der Waals surface area contributed by atoms with Gasteiger partial charge in [0.15, 0.2) is 0 Å². The van der Waals surface area contributed by atoms with E-state index in [1.165, 1.54) is 18.2 Å². The second-order valence-electron chi connectivity index (χ2n) is 7.67. The molecule has 0 spiro atoms. The van der Waals surface area contributed by atoms with Gasteiger partial charge in [-0.25, -0.2) is 4.39 Å². The molecule has 3 aromatic carbocycles. The molecule has 0 N–H and O–H groups in total. The Bertz CT molecular complexity index is 1170. The fraction of sp³-hybridized carbons (Fsp3) is 0.208. The zero-order valence-corrected chi connectivity index (χ0v) is 16.8. The van der Waals surface area contributed by atoms with Crippen molar-refractivity contribution in [1.29, 1.82) is 0 Å². The molecular weight excluding hydrogens is 451 g/mol. The summed E-state index contributed by atoms with van der Waals surface area (Å²) in [6, 6.07) is 12.3. The zero-order chi connectivity index (χ0) is 24.0. The number of amides is 1. The highest BCUT2D eigenvalue weighted by atomic mass is 19.4. The van der Waals surface area contributed by atoms with Crippen LogP contribution in [0.2, 0.25) is 0 Å². The van der Waals surface area contributed by atoms with Gasteiger partial charge >= 0.3 is 12.4 Å². The van der Waals surface area contributed by atoms with Crippen LogP contribution in [-0.4, -0.2) is 17.4 Å². The van der Waals surface area contributed by atoms with Crippen molar-refractivity contribution < 1.29 is 35.5 Å². The Balaban J connectivity index is 1.86. The first-order valence-corrected chi connectivity index (χ1v) is 9.89. The van der Waals surface area contributed by atoms with Gasteiger partial charge in [0.2, 0.25) is 0 Å². The van der Waals surface area contributed by atoms with Crippen LogP contribution in [0.15, 0.2) is 66.7 Å². The third-order valence-corrected chi connectivity index (χ3v) is 5.58. The van der Waals surface area contributed by atoms with E-state index in [1.54, 1.807) is 30.3 Å². The smallest absolute Gasteiger partial charge is 0.327 e. The van der Waals surface area contributed by atoms with Gasteiger partial charge in [-0.3, -0.25) is 4.79 Å². The van der Waals surface area contributed by atoms with Gasteiger partial charge in [-0.15, -0.1) is 0 Å². The number of benzene rings is 3. The van der Waals surface area contributed by atoms with Gasteiger partial charge in [0, 0.05) is 17.7 Å². The summed E-state index contributed by atoms with van der Waals surface area (Å²) in [4.78, 5) is 14.5. The van der Waals surface area contributed by atoms with Crippen LogP contribution in [0.5, 0.6) is 0 Å². The minimum atomic E-state index is -5.09. The van der Waals surface area contributed by atoms with Crippen LogP contribution in [0.25, 0.3) is 0 Å². The van der Waals surface area contributed by atoms with Crippen molar-refractivity contribution in [2.24, 2.45) is 0 Å². The molecule has 1 amide bonds. The molecule has 0 fully saturated rings. The number of halogens is 7. The van der Waals surface area contributed by atoms with Gasteiger partial charge in [0.05, 0.1) is 17.2 Å². The van der Waals surface area contributed by atoms with Gasteiger partial charge in [-0.1, -0.05) is 42.5 Å². The van der Waals surface area contributed by atoms with Crippen LogP contribution in [0.3, 0.4) is 0 Å². The number of nitrogens with zero attached hydrogens (tertiary/aromatic N) is 1. The molecule has 33 heavy (non-hydrogen) atoms. The van der Waals surface area contributed by atoms with Gasteiger partial charge in [0.1, 0.15) is 5.82 Å². The van der Waals surface area contributed by atoms with E-state index in [4.69, 9.17) is 0 Å². The molecule has 172 valence electrons. The molecule has 1 atom stereocenters. The predicted octanol–water partition coefficient (Wildman–Crippen LogP) is 6.65. The lowest BCUT2D eigenvalue weighted by Crippen LogP contribution is -2.41. The highest BCUT2D eigenvalue weighted by Gasteiger charge is 2.39. The lowest BCUT2D eigenvalue weighted by atomic mass is 9.87. The molecule has 0 aromatic heterocycles. The van der Waals surface area contributed by atoms with Crippen molar-refractivity contribution in [3.63, 3.8) is 0 Å². The first kappa shape index (κ1) is 22.8. The van der Waals surface area contributed by atoms with Crippen LogP contribution in [0, 0.1) is 5.82 Å². The summed E-state index contributed by atoms with van der Waals surface area (Å²) < 4.78 is 94.5. The molecule has 1 heterocycles. The molecule has 3 aromatic rings. The predicted molar refractivity (Wildman–Crippen MR) is 106 cm³/mol. The van der Waals surface area contributed by atoms with E-state index in [1.807, 2.05) is 0 Å². The Labute approximate surface area is 184 Å². The number of fused-ring (bicyclic) bond motifs is 1. The number of carbonyl (C=O) groups excluding carboxylic acids is 1. The first-order valence-electron chi connectivity index (χ1n) is 9.89. The van der Waals surface area contributed by atoms with Crippen molar-refractivity contribution in [2.75, 3.05) is 6.54 Å². The molecule has 9 heteroatoms. The summed E-state index contributed by atoms with van der Waals surface area (Å²) in [5, 5.41) is 0. The van der Waals surface area contributed by atoms with Crippen molar-refractivity contribution in [3.05, 3.63) is 106 Å². The zero-order valence-electron chi connectivity index (χ0n) is 16.8. The standard InChI is InChI=1S/C24H16F7NO/c25-20-8-4-3-7-19(20)21-18-6-2-1-5-14(18)9-10-32(21)22(33)15-11-16(23(26,27)28)13-17(12-15)24(29,30)31/h1-8,11-13,21H,9-10H2/t21-/m0/s1. The summed E-state index contributed by atoms with van der Waals surface area (Å²) >= 11 is 0. The Morgan fingerprint density at radius 3 is 1.91 bits per heavy atom. The number of alkyl halides is 6. The molecular formula is C24H16F7NO.